The van der Waals surface area contributed by atoms with Crippen molar-refractivity contribution in [3.8, 4) is 0 Å². The molecule has 1 heterocycles. The molecule has 1 aliphatic heterocycles. The van der Waals surface area contributed by atoms with Crippen molar-refractivity contribution in [1.82, 2.24) is 16.8 Å². The molecule has 0 saturated carbocycles. The molecule has 1 unspecified atom stereocenters. The lowest BCUT2D eigenvalue weighted by molar-refractivity contribution is 0.0277. The van der Waals surface area contributed by atoms with Gasteiger partial charge in [-0.15, -0.1) is 0 Å². The highest BCUT2D eigenvalue weighted by molar-refractivity contribution is 5.96. The molecule has 1 fully saturated rings. The summed E-state index contributed by atoms with van der Waals surface area (Å²) in [5, 5.41) is 6.05. The first-order chi connectivity index (χ1) is 9.72. The Bertz CT molecular complexity index is 387. The fraction of sp³-hybridized carbons (Fsp3) is 0.562. The topological polar surface area (TPSA) is 85.4 Å². The van der Waals surface area contributed by atoms with Crippen LogP contribution in [0.4, 0.5) is 0 Å². The van der Waals surface area contributed by atoms with Crippen LogP contribution in [0.3, 0.4) is 0 Å². The number of rotatable bonds is 4. The van der Waals surface area contributed by atoms with E-state index in [9.17, 15) is 4.79 Å². The molecule has 1 aromatic rings. The number of hydrogen-bond acceptors (Lipinski definition) is 5. The number of ketones is 1. The van der Waals surface area contributed by atoms with Crippen molar-refractivity contribution in [2.75, 3.05) is 33.8 Å². The lowest BCUT2D eigenvalue weighted by atomic mass is 10.0. The number of hydrogen-bond donors (Lipinski definition) is 3. The fourth-order valence-corrected chi connectivity index (χ4v) is 2.03. The van der Waals surface area contributed by atoms with Crippen molar-refractivity contribution in [1.29, 1.82) is 0 Å². The molecule has 5 heteroatoms. The molecule has 1 atom stereocenters. The number of morpholine rings is 1. The molecular weight excluding hydrogens is 266 g/mol. The van der Waals surface area contributed by atoms with Crippen LogP contribution in [0.1, 0.15) is 41.8 Å². The van der Waals surface area contributed by atoms with Gasteiger partial charge in [-0.25, -0.2) is 0 Å². The van der Waals surface area contributed by atoms with Crippen molar-refractivity contribution < 1.29 is 9.53 Å². The minimum Gasteiger partial charge on any atom is -0.371 e. The summed E-state index contributed by atoms with van der Waals surface area (Å²) in [6.07, 6.45) is 1.65. The number of benzene rings is 1. The van der Waals surface area contributed by atoms with Gasteiger partial charge >= 0.3 is 0 Å². The number of Topliss-reactive ketones (excluding diaryl/α,β-unsaturated/α-hetero) is 1. The molecule has 120 valence electrons. The maximum atomic E-state index is 11.7. The summed E-state index contributed by atoms with van der Waals surface area (Å²) < 4.78 is 5.66. The third-order valence-electron chi connectivity index (χ3n) is 3.01. The van der Waals surface area contributed by atoms with E-state index in [0.29, 0.717) is 6.42 Å². The zero-order valence-electron chi connectivity index (χ0n) is 13.4. The van der Waals surface area contributed by atoms with Gasteiger partial charge in [0.05, 0.1) is 12.7 Å². The summed E-state index contributed by atoms with van der Waals surface area (Å²) in [5.74, 6) is 0.224. The first-order valence-electron chi connectivity index (χ1n) is 7.26. The molecule has 5 nitrogen and oxygen atoms in total. The second-order valence-corrected chi connectivity index (χ2v) is 4.86. The van der Waals surface area contributed by atoms with E-state index >= 15 is 0 Å². The first-order valence-corrected chi connectivity index (χ1v) is 7.26. The molecule has 0 radical (unpaired) electrons. The van der Waals surface area contributed by atoms with E-state index in [-0.39, 0.29) is 18.0 Å². The average Bonchev–Trinajstić information content (AvgIpc) is 2.49. The van der Waals surface area contributed by atoms with Gasteiger partial charge in [-0.05, 0) is 26.1 Å². The third-order valence-corrected chi connectivity index (χ3v) is 3.01. The smallest absolute Gasteiger partial charge is 0.162 e. The van der Waals surface area contributed by atoms with Gasteiger partial charge in [0.2, 0.25) is 0 Å². The molecule has 1 aromatic carbocycles. The van der Waals surface area contributed by atoms with E-state index in [1.807, 2.05) is 45.3 Å². The molecule has 0 aromatic heterocycles. The van der Waals surface area contributed by atoms with Gasteiger partial charge in [0.1, 0.15) is 0 Å². The van der Waals surface area contributed by atoms with E-state index in [2.05, 4.69) is 10.6 Å². The molecule has 21 heavy (non-hydrogen) atoms. The van der Waals surface area contributed by atoms with E-state index in [1.165, 1.54) is 0 Å². The van der Waals surface area contributed by atoms with Crippen molar-refractivity contribution in [2.24, 2.45) is 0 Å². The summed E-state index contributed by atoms with van der Waals surface area (Å²) in [5.41, 5.74) is 1.95. The van der Waals surface area contributed by atoms with E-state index in [1.54, 1.807) is 0 Å². The highest BCUT2D eigenvalue weighted by Crippen LogP contribution is 2.19. The zero-order chi connectivity index (χ0) is 14.8. The van der Waals surface area contributed by atoms with Gasteiger partial charge in [0.15, 0.2) is 5.78 Å². The predicted octanol–water partition coefficient (Wildman–Crippen LogP) is 2.33. The minimum absolute atomic E-state index is 0. The Labute approximate surface area is 128 Å². The summed E-state index contributed by atoms with van der Waals surface area (Å²) in [4.78, 5) is 11.7. The quantitative estimate of drug-likeness (QED) is 0.742. The third kappa shape index (κ3) is 6.82. The number of nitrogens with one attached hydrogen (secondary N) is 2. The SMILES string of the molecule is CCCC(=O)c1ccc(C2CNCCO2)cc1.CNC.N. The number of carbonyl (C=O) groups is 1. The lowest BCUT2D eigenvalue weighted by Gasteiger charge is -2.24. The van der Waals surface area contributed by atoms with Crippen LogP contribution in [-0.4, -0.2) is 39.6 Å². The Morgan fingerprint density at radius 3 is 2.43 bits per heavy atom. The van der Waals surface area contributed by atoms with Crippen LogP contribution in [0.2, 0.25) is 0 Å². The second kappa shape index (κ2) is 11.4. The van der Waals surface area contributed by atoms with Crippen LogP contribution in [0.25, 0.3) is 0 Å². The van der Waals surface area contributed by atoms with Crippen molar-refractivity contribution >= 4 is 5.78 Å². The Morgan fingerprint density at radius 2 is 1.95 bits per heavy atom. The van der Waals surface area contributed by atoms with Gasteiger partial charge < -0.3 is 21.5 Å². The lowest BCUT2D eigenvalue weighted by Crippen LogP contribution is -2.33. The van der Waals surface area contributed by atoms with Gasteiger partial charge in [-0.3, -0.25) is 4.79 Å². The first kappa shape index (κ1) is 19.7. The summed E-state index contributed by atoms with van der Waals surface area (Å²) in [6.45, 7) is 4.54. The van der Waals surface area contributed by atoms with E-state index in [0.717, 1.165) is 37.2 Å². The standard InChI is InChI=1S/C14H19NO2.C2H7N.H3N/c1-2-3-13(16)11-4-6-12(7-5-11)14-10-15-8-9-17-14;1-3-2;/h4-7,14-15H,2-3,8-10H2,1H3;3H,1-2H3;1H3. The van der Waals surface area contributed by atoms with Gasteiger partial charge in [0.25, 0.3) is 0 Å². The Hall–Kier alpha value is -1.27. The van der Waals surface area contributed by atoms with Crippen molar-refractivity contribution in [2.45, 2.75) is 25.9 Å². The molecule has 5 N–H and O–H groups in total. The maximum Gasteiger partial charge on any atom is 0.162 e. The summed E-state index contributed by atoms with van der Waals surface area (Å²) in [6, 6.07) is 7.82. The van der Waals surface area contributed by atoms with Crippen LogP contribution >= 0.6 is 0 Å². The number of carbonyl (C=O) groups excluding carboxylic acids is 1. The summed E-state index contributed by atoms with van der Waals surface area (Å²) in [7, 11) is 3.75. The van der Waals surface area contributed by atoms with Crippen LogP contribution in [0.15, 0.2) is 24.3 Å². The number of ether oxygens (including phenoxy) is 1. The summed E-state index contributed by atoms with van der Waals surface area (Å²) >= 11 is 0. The highest BCUT2D eigenvalue weighted by atomic mass is 16.5. The predicted molar refractivity (Wildman–Crippen MR) is 87.2 cm³/mol. The van der Waals surface area contributed by atoms with E-state index in [4.69, 9.17) is 4.74 Å². The molecule has 1 saturated heterocycles. The molecular formula is C16H29N3O2. The van der Waals surface area contributed by atoms with Crippen LogP contribution < -0.4 is 16.8 Å². The Kier molecular flexibility index (Phi) is 10.7. The van der Waals surface area contributed by atoms with Crippen LogP contribution in [-0.2, 0) is 4.74 Å². The molecule has 0 amide bonds. The van der Waals surface area contributed by atoms with Crippen LogP contribution in [0, 0.1) is 0 Å². The monoisotopic (exact) mass is 295 g/mol. The molecule has 0 aliphatic carbocycles. The zero-order valence-corrected chi connectivity index (χ0v) is 13.4. The van der Waals surface area contributed by atoms with Crippen LogP contribution in [0.5, 0.6) is 0 Å². The Morgan fingerprint density at radius 1 is 1.33 bits per heavy atom. The van der Waals surface area contributed by atoms with Gasteiger partial charge in [-0.1, -0.05) is 31.2 Å². The average molecular weight is 295 g/mol. The largest absolute Gasteiger partial charge is 0.371 e. The minimum atomic E-state index is 0. The fourth-order valence-electron chi connectivity index (χ4n) is 2.03. The molecule has 1 aliphatic rings. The van der Waals surface area contributed by atoms with Gasteiger partial charge in [0, 0.05) is 25.1 Å². The van der Waals surface area contributed by atoms with Crippen molar-refractivity contribution in [3.05, 3.63) is 35.4 Å². The normalized spacial score (nSPS) is 17.2. The maximum absolute atomic E-state index is 11.7. The second-order valence-electron chi connectivity index (χ2n) is 4.86. The van der Waals surface area contributed by atoms with Gasteiger partial charge in [-0.2, -0.15) is 0 Å². The Balaban J connectivity index is 0.000000922. The highest BCUT2D eigenvalue weighted by Gasteiger charge is 2.15. The molecule has 0 spiro atoms. The molecule has 2 rings (SSSR count). The molecule has 0 bridgehead atoms. The van der Waals surface area contributed by atoms with E-state index < -0.39 is 0 Å². The van der Waals surface area contributed by atoms with Crippen molar-refractivity contribution in [3.63, 3.8) is 0 Å².